The minimum Gasteiger partial charge on any atom is -0.444 e. The monoisotopic (exact) mass is 211 g/mol. The van der Waals surface area contributed by atoms with Gasteiger partial charge in [0, 0.05) is 0 Å². The number of hydrogen-bond acceptors (Lipinski definition) is 4. The molecule has 1 rings (SSSR count). The van der Waals surface area contributed by atoms with Crippen molar-refractivity contribution in [2.45, 2.75) is 50.8 Å². The molecule has 1 amide bonds. The Morgan fingerprint density at radius 3 is 2.47 bits per heavy atom. The largest absolute Gasteiger partial charge is 0.444 e. The van der Waals surface area contributed by atoms with Gasteiger partial charge in [-0.1, -0.05) is 0 Å². The summed E-state index contributed by atoms with van der Waals surface area (Å²) in [6, 6.07) is 1.28. The number of carbonyl (C=O) groups is 1. The van der Waals surface area contributed by atoms with Crippen LogP contribution in [0.15, 0.2) is 0 Å². The van der Waals surface area contributed by atoms with Gasteiger partial charge in [0.15, 0.2) is 0 Å². The van der Waals surface area contributed by atoms with E-state index in [0.29, 0.717) is 0 Å². The second-order valence-electron chi connectivity index (χ2n) is 4.89. The average Bonchev–Trinajstić information content (AvgIpc) is 2.80. The van der Waals surface area contributed by atoms with E-state index in [4.69, 9.17) is 15.7 Å². The highest BCUT2D eigenvalue weighted by molar-refractivity contribution is 5.69. The fraction of sp³-hybridized carbons (Fsp3) is 0.800. The molecule has 84 valence electrons. The minimum atomic E-state index is -0.662. The molecule has 0 spiro atoms. The van der Waals surface area contributed by atoms with Crippen molar-refractivity contribution >= 4 is 6.09 Å². The highest BCUT2D eigenvalue weighted by atomic mass is 16.6. The smallest absolute Gasteiger partial charge is 0.408 e. The van der Waals surface area contributed by atoms with Crippen LogP contribution in [0.5, 0.6) is 0 Å². The Bertz CT molecular complexity index is 297. The highest BCUT2D eigenvalue weighted by Crippen LogP contribution is 2.37. The van der Waals surface area contributed by atoms with E-state index >= 15 is 0 Å². The lowest BCUT2D eigenvalue weighted by molar-refractivity contribution is 0.0493. The van der Waals surface area contributed by atoms with Crippen LogP contribution >= 0.6 is 0 Å². The molecule has 15 heavy (non-hydrogen) atoms. The number of nitrogens with one attached hydrogen (secondary N) is 1. The van der Waals surface area contributed by atoms with Crippen molar-refractivity contribution in [3.63, 3.8) is 0 Å². The number of nitrogens with zero attached hydrogens (tertiary/aromatic N) is 1. The Labute approximate surface area is 89.6 Å². The van der Waals surface area contributed by atoms with Gasteiger partial charge in [-0.05, 0) is 33.6 Å². The van der Waals surface area contributed by atoms with Crippen LogP contribution in [0.25, 0.3) is 0 Å². The molecule has 0 aliphatic heterocycles. The fourth-order valence-corrected chi connectivity index (χ4v) is 1.28. The Morgan fingerprint density at radius 1 is 1.60 bits per heavy atom. The van der Waals surface area contributed by atoms with E-state index in [1.165, 1.54) is 0 Å². The molecule has 0 bridgehead atoms. The second kappa shape index (κ2) is 3.70. The maximum Gasteiger partial charge on any atom is 0.408 e. The molecule has 1 fully saturated rings. The molecule has 5 heteroatoms. The van der Waals surface area contributed by atoms with Gasteiger partial charge in [0.1, 0.15) is 11.6 Å². The van der Waals surface area contributed by atoms with Crippen LogP contribution in [-0.2, 0) is 4.74 Å². The summed E-state index contributed by atoms with van der Waals surface area (Å²) in [5, 5.41) is 11.4. The summed E-state index contributed by atoms with van der Waals surface area (Å²) in [4.78, 5) is 11.4. The molecule has 0 saturated heterocycles. The molecule has 0 aromatic carbocycles. The zero-order valence-electron chi connectivity index (χ0n) is 9.33. The summed E-state index contributed by atoms with van der Waals surface area (Å²) in [7, 11) is 0. The van der Waals surface area contributed by atoms with Crippen LogP contribution in [0, 0.1) is 11.3 Å². The first kappa shape index (κ1) is 11.8. The average molecular weight is 211 g/mol. The van der Waals surface area contributed by atoms with Crippen molar-refractivity contribution in [2.75, 3.05) is 0 Å². The molecule has 0 heterocycles. The van der Waals surface area contributed by atoms with Gasteiger partial charge >= 0.3 is 6.09 Å². The number of nitriles is 1. The van der Waals surface area contributed by atoms with Crippen molar-refractivity contribution in [3.8, 4) is 6.07 Å². The van der Waals surface area contributed by atoms with Gasteiger partial charge in [0.2, 0.25) is 0 Å². The number of carbonyl (C=O) groups excluding carboxylic acids is 1. The molecule has 1 aliphatic carbocycles. The lowest BCUT2D eigenvalue weighted by Crippen LogP contribution is -2.50. The molecule has 0 radical (unpaired) electrons. The predicted molar refractivity (Wildman–Crippen MR) is 54.9 cm³/mol. The number of amides is 1. The third-order valence-electron chi connectivity index (χ3n) is 2.27. The van der Waals surface area contributed by atoms with Crippen molar-refractivity contribution in [1.29, 1.82) is 5.26 Å². The summed E-state index contributed by atoms with van der Waals surface area (Å²) in [6.45, 7) is 5.36. The summed E-state index contributed by atoms with van der Waals surface area (Å²) >= 11 is 0. The zero-order valence-corrected chi connectivity index (χ0v) is 9.33. The van der Waals surface area contributed by atoms with E-state index in [-0.39, 0.29) is 0 Å². The van der Waals surface area contributed by atoms with E-state index in [9.17, 15) is 4.79 Å². The summed E-state index contributed by atoms with van der Waals surface area (Å²) in [5.41, 5.74) is 4.50. The molecule has 0 aromatic rings. The molecule has 1 unspecified atom stereocenters. The van der Waals surface area contributed by atoms with E-state index in [1.54, 1.807) is 20.8 Å². The molecular formula is C10H17N3O2. The SMILES string of the molecule is CC(C)(C)OC(=O)NC1(C(N)C#N)CC1. The Balaban J connectivity index is 2.50. The van der Waals surface area contributed by atoms with Gasteiger partial charge in [-0.2, -0.15) is 5.26 Å². The molecule has 3 N–H and O–H groups in total. The zero-order chi connectivity index (χ0) is 11.7. The molecule has 5 nitrogen and oxygen atoms in total. The van der Waals surface area contributed by atoms with Gasteiger partial charge in [-0.25, -0.2) is 4.79 Å². The Hall–Kier alpha value is -1.28. The molecule has 0 aromatic heterocycles. The topological polar surface area (TPSA) is 88.1 Å². The lowest BCUT2D eigenvalue weighted by Gasteiger charge is -2.24. The lowest BCUT2D eigenvalue weighted by atomic mass is 10.1. The van der Waals surface area contributed by atoms with E-state index in [1.807, 2.05) is 6.07 Å². The molecule has 1 atom stereocenters. The maximum atomic E-state index is 11.4. The summed E-state index contributed by atoms with van der Waals surface area (Å²) < 4.78 is 5.09. The summed E-state index contributed by atoms with van der Waals surface area (Å²) in [6.07, 6.45) is 0.966. The first-order chi connectivity index (χ1) is 6.79. The minimum absolute atomic E-state index is 0.509. The predicted octanol–water partition coefficient (Wildman–Crippen LogP) is 0.895. The third kappa shape index (κ3) is 3.10. The maximum absolute atomic E-state index is 11.4. The van der Waals surface area contributed by atoms with Gasteiger partial charge in [-0.15, -0.1) is 0 Å². The number of alkyl carbamates (subject to hydrolysis) is 1. The number of rotatable bonds is 2. The number of ether oxygens (including phenoxy) is 1. The standard InChI is InChI=1S/C10H17N3O2/c1-9(2,3)15-8(14)13-10(4-5-10)7(12)6-11/h7H,4-5,12H2,1-3H3,(H,13,14). The first-order valence-electron chi connectivity index (χ1n) is 4.95. The van der Waals surface area contributed by atoms with Gasteiger partial charge < -0.3 is 15.8 Å². The van der Waals surface area contributed by atoms with Crippen LogP contribution in [0.4, 0.5) is 4.79 Å². The highest BCUT2D eigenvalue weighted by Gasteiger charge is 2.50. The van der Waals surface area contributed by atoms with Crippen LogP contribution in [0.2, 0.25) is 0 Å². The third-order valence-corrected chi connectivity index (χ3v) is 2.27. The normalized spacial score (nSPS) is 19.9. The quantitative estimate of drug-likeness (QED) is 0.710. The molecule has 1 saturated carbocycles. The fourth-order valence-electron chi connectivity index (χ4n) is 1.28. The van der Waals surface area contributed by atoms with Gasteiger partial charge in [-0.3, -0.25) is 0 Å². The number of nitrogens with two attached hydrogens (primary N) is 1. The van der Waals surface area contributed by atoms with Crippen LogP contribution in [0.1, 0.15) is 33.6 Å². The van der Waals surface area contributed by atoms with Crippen LogP contribution in [0.3, 0.4) is 0 Å². The number of hydrogen-bond donors (Lipinski definition) is 2. The van der Waals surface area contributed by atoms with Crippen molar-refractivity contribution in [3.05, 3.63) is 0 Å². The van der Waals surface area contributed by atoms with Crippen molar-refractivity contribution in [2.24, 2.45) is 5.73 Å². The van der Waals surface area contributed by atoms with E-state index < -0.39 is 23.3 Å². The van der Waals surface area contributed by atoms with E-state index in [2.05, 4.69) is 5.32 Å². The molecular weight excluding hydrogens is 194 g/mol. The summed E-state index contributed by atoms with van der Waals surface area (Å²) in [5.74, 6) is 0. The van der Waals surface area contributed by atoms with Crippen LogP contribution < -0.4 is 11.1 Å². The second-order valence-corrected chi connectivity index (χ2v) is 4.89. The Kier molecular flexibility index (Phi) is 2.91. The molecule has 1 aliphatic rings. The van der Waals surface area contributed by atoms with Crippen molar-refractivity contribution < 1.29 is 9.53 Å². The van der Waals surface area contributed by atoms with Crippen molar-refractivity contribution in [1.82, 2.24) is 5.32 Å². The van der Waals surface area contributed by atoms with E-state index in [0.717, 1.165) is 12.8 Å². The Morgan fingerprint density at radius 2 is 2.13 bits per heavy atom. The van der Waals surface area contributed by atoms with Crippen LogP contribution in [-0.4, -0.2) is 23.3 Å². The van der Waals surface area contributed by atoms with Gasteiger partial charge in [0.05, 0.1) is 11.6 Å². The van der Waals surface area contributed by atoms with Gasteiger partial charge in [0.25, 0.3) is 0 Å². The first-order valence-corrected chi connectivity index (χ1v) is 4.95.